The summed E-state index contributed by atoms with van der Waals surface area (Å²) in [6.07, 6.45) is 3.13. The number of nitrogens with one attached hydrogen (secondary N) is 1. The van der Waals surface area contributed by atoms with Crippen LogP contribution in [0.15, 0.2) is 59.6 Å². The topological polar surface area (TPSA) is 52.0 Å². The zero-order chi connectivity index (χ0) is 16.1. The van der Waals surface area contributed by atoms with Gasteiger partial charge in [0.25, 0.3) is 0 Å². The summed E-state index contributed by atoms with van der Waals surface area (Å²) in [5, 5.41) is 7.46. The summed E-state index contributed by atoms with van der Waals surface area (Å²) in [6.45, 7) is 0.692. The van der Waals surface area contributed by atoms with Crippen molar-refractivity contribution < 1.29 is 9.13 Å². The standard InChI is InChI=1S/C16H14BrFN4O/c17-14-5-6-16(23-9-12-3-1-2-4-15(12)18)13(7-14)8-21-22-10-19-20-11-22/h1-7,10-11,21H,8-9H2. The van der Waals surface area contributed by atoms with Gasteiger partial charge in [0.2, 0.25) is 0 Å². The number of hydrogen-bond donors (Lipinski definition) is 1. The lowest BCUT2D eigenvalue weighted by molar-refractivity contribution is 0.297. The van der Waals surface area contributed by atoms with Gasteiger partial charge in [-0.1, -0.05) is 34.1 Å². The van der Waals surface area contributed by atoms with Gasteiger partial charge in [-0.25, -0.2) is 9.07 Å². The summed E-state index contributed by atoms with van der Waals surface area (Å²) in [6, 6.07) is 12.3. The second-order valence-corrected chi connectivity index (χ2v) is 5.75. The summed E-state index contributed by atoms with van der Waals surface area (Å²) in [7, 11) is 0. The van der Waals surface area contributed by atoms with Crippen LogP contribution in [-0.4, -0.2) is 14.9 Å². The van der Waals surface area contributed by atoms with Crippen LogP contribution in [-0.2, 0) is 13.2 Å². The Labute approximate surface area is 141 Å². The third-order valence-electron chi connectivity index (χ3n) is 3.23. The van der Waals surface area contributed by atoms with Gasteiger partial charge in [-0.05, 0) is 24.3 Å². The number of ether oxygens (including phenoxy) is 1. The van der Waals surface area contributed by atoms with Crippen LogP contribution in [0, 0.1) is 5.82 Å². The highest BCUT2D eigenvalue weighted by Gasteiger charge is 2.07. The largest absolute Gasteiger partial charge is 0.488 e. The summed E-state index contributed by atoms with van der Waals surface area (Å²) in [5.74, 6) is 0.422. The Balaban J connectivity index is 1.72. The highest BCUT2D eigenvalue weighted by atomic mass is 79.9. The zero-order valence-corrected chi connectivity index (χ0v) is 13.7. The highest BCUT2D eigenvalue weighted by Crippen LogP contribution is 2.24. The van der Waals surface area contributed by atoms with Gasteiger partial charge in [0.15, 0.2) is 0 Å². The molecule has 0 bridgehead atoms. The molecule has 3 rings (SSSR count). The predicted octanol–water partition coefficient (Wildman–Crippen LogP) is 3.50. The van der Waals surface area contributed by atoms with Crippen molar-refractivity contribution in [3.05, 3.63) is 76.5 Å². The molecule has 3 aromatic rings. The van der Waals surface area contributed by atoms with Crippen LogP contribution in [0.5, 0.6) is 5.75 Å². The van der Waals surface area contributed by atoms with Gasteiger partial charge in [0, 0.05) is 15.6 Å². The van der Waals surface area contributed by atoms with Crippen LogP contribution in [0.1, 0.15) is 11.1 Å². The molecule has 0 saturated carbocycles. The van der Waals surface area contributed by atoms with Crippen molar-refractivity contribution in [3.8, 4) is 5.75 Å². The summed E-state index contributed by atoms with van der Waals surface area (Å²) >= 11 is 3.45. The van der Waals surface area contributed by atoms with Crippen molar-refractivity contribution in [2.75, 3.05) is 5.43 Å². The molecule has 0 fully saturated rings. The van der Waals surface area contributed by atoms with Gasteiger partial charge in [0.1, 0.15) is 30.8 Å². The molecular weight excluding hydrogens is 363 g/mol. The predicted molar refractivity (Wildman–Crippen MR) is 88.0 cm³/mol. The van der Waals surface area contributed by atoms with E-state index in [2.05, 4.69) is 31.6 Å². The first-order valence-electron chi connectivity index (χ1n) is 6.95. The minimum absolute atomic E-state index is 0.175. The molecule has 0 unspecified atom stereocenters. The van der Waals surface area contributed by atoms with Crippen molar-refractivity contribution in [2.45, 2.75) is 13.2 Å². The molecule has 118 valence electrons. The molecule has 1 N–H and O–H groups in total. The van der Waals surface area contributed by atoms with Crippen molar-refractivity contribution in [2.24, 2.45) is 0 Å². The van der Waals surface area contributed by atoms with Gasteiger partial charge in [0.05, 0.1) is 6.54 Å². The third kappa shape index (κ3) is 4.07. The van der Waals surface area contributed by atoms with Gasteiger partial charge < -0.3 is 10.2 Å². The first-order chi connectivity index (χ1) is 11.2. The molecule has 7 heteroatoms. The Morgan fingerprint density at radius 1 is 1.09 bits per heavy atom. The average molecular weight is 377 g/mol. The van der Waals surface area contributed by atoms with Crippen LogP contribution in [0.3, 0.4) is 0 Å². The number of hydrogen-bond acceptors (Lipinski definition) is 4. The molecule has 23 heavy (non-hydrogen) atoms. The van der Waals surface area contributed by atoms with E-state index < -0.39 is 0 Å². The molecule has 0 spiro atoms. The minimum Gasteiger partial charge on any atom is -0.488 e. The molecule has 0 atom stereocenters. The van der Waals surface area contributed by atoms with E-state index in [4.69, 9.17) is 4.74 Å². The minimum atomic E-state index is -0.270. The van der Waals surface area contributed by atoms with E-state index >= 15 is 0 Å². The van der Waals surface area contributed by atoms with E-state index in [-0.39, 0.29) is 12.4 Å². The average Bonchev–Trinajstić information content (AvgIpc) is 3.07. The lowest BCUT2D eigenvalue weighted by Gasteiger charge is -2.14. The Hall–Kier alpha value is -2.41. The zero-order valence-electron chi connectivity index (χ0n) is 12.1. The number of halogens is 2. The van der Waals surface area contributed by atoms with E-state index in [1.807, 2.05) is 18.2 Å². The lowest BCUT2D eigenvalue weighted by Crippen LogP contribution is -2.13. The van der Waals surface area contributed by atoms with E-state index in [1.165, 1.54) is 6.07 Å². The smallest absolute Gasteiger partial charge is 0.138 e. The molecule has 5 nitrogen and oxygen atoms in total. The normalized spacial score (nSPS) is 10.5. The van der Waals surface area contributed by atoms with E-state index in [9.17, 15) is 4.39 Å². The van der Waals surface area contributed by atoms with Crippen molar-refractivity contribution in [1.82, 2.24) is 14.9 Å². The molecule has 0 aliphatic carbocycles. The molecule has 1 aromatic heterocycles. The number of aromatic nitrogens is 3. The number of nitrogens with zero attached hydrogens (tertiary/aromatic N) is 3. The molecule has 1 heterocycles. The summed E-state index contributed by atoms with van der Waals surface area (Å²) < 4.78 is 22.1. The molecule has 0 saturated heterocycles. The Bertz CT molecular complexity index is 780. The number of benzene rings is 2. The monoisotopic (exact) mass is 376 g/mol. The van der Waals surface area contributed by atoms with Gasteiger partial charge in [-0.2, -0.15) is 0 Å². The molecule has 2 aromatic carbocycles. The van der Waals surface area contributed by atoms with E-state index in [1.54, 1.807) is 35.5 Å². The van der Waals surface area contributed by atoms with Crippen LogP contribution in [0.2, 0.25) is 0 Å². The molecule has 0 aliphatic heterocycles. The maximum atomic E-state index is 13.7. The van der Waals surface area contributed by atoms with Crippen LogP contribution < -0.4 is 10.2 Å². The maximum Gasteiger partial charge on any atom is 0.138 e. The molecule has 0 radical (unpaired) electrons. The van der Waals surface area contributed by atoms with Crippen LogP contribution in [0.25, 0.3) is 0 Å². The van der Waals surface area contributed by atoms with Crippen LogP contribution in [0.4, 0.5) is 4.39 Å². The van der Waals surface area contributed by atoms with E-state index in [0.29, 0.717) is 17.9 Å². The summed E-state index contributed by atoms with van der Waals surface area (Å²) in [5.41, 5.74) is 4.59. The van der Waals surface area contributed by atoms with Gasteiger partial charge >= 0.3 is 0 Å². The maximum absolute atomic E-state index is 13.7. The summed E-state index contributed by atoms with van der Waals surface area (Å²) in [4.78, 5) is 0. The van der Waals surface area contributed by atoms with Crippen molar-refractivity contribution in [1.29, 1.82) is 0 Å². The third-order valence-corrected chi connectivity index (χ3v) is 3.73. The highest BCUT2D eigenvalue weighted by molar-refractivity contribution is 9.10. The Kier molecular flexibility index (Phi) is 4.87. The first kappa shape index (κ1) is 15.5. The first-order valence-corrected chi connectivity index (χ1v) is 7.75. The fourth-order valence-corrected chi connectivity index (χ4v) is 2.47. The fourth-order valence-electron chi connectivity index (χ4n) is 2.06. The van der Waals surface area contributed by atoms with E-state index in [0.717, 1.165) is 10.0 Å². The van der Waals surface area contributed by atoms with Crippen molar-refractivity contribution in [3.63, 3.8) is 0 Å². The molecular formula is C16H14BrFN4O. The second kappa shape index (κ2) is 7.23. The Morgan fingerprint density at radius 2 is 1.87 bits per heavy atom. The fraction of sp³-hybridized carbons (Fsp3) is 0.125. The van der Waals surface area contributed by atoms with Gasteiger partial charge in [-0.3, -0.25) is 0 Å². The van der Waals surface area contributed by atoms with Gasteiger partial charge in [-0.15, -0.1) is 10.2 Å². The quantitative estimate of drug-likeness (QED) is 0.715. The Morgan fingerprint density at radius 3 is 2.65 bits per heavy atom. The van der Waals surface area contributed by atoms with Crippen LogP contribution >= 0.6 is 15.9 Å². The SMILES string of the molecule is Fc1ccccc1COc1ccc(Br)cc1CNn1cnnc1. The number of rotatable bonds is 6. The molecule has 0 aliphatic rings. The molecule has 0 amide bonds. The second-order valence-electron chi connectivity index (χ2n) is 4.84. The van der Waals surface area contributed by atoms with Crippen molar-refractivity contribution >= 4 is 15.9 Å². The lowest BCUT2D eigenvalue weighted by atomic mass is 10.2.